The molecule has 0 amide bonds. The maximum Gasteiger partial charge on any atom is 0.472 e. The zero-order valence-electron chi connectivity index (χ0n) is 45.9. The summed E-state index contributed by atoms with van der Waals surface area (Å²) < 4.78 is 39.4. The van der Waals surface area contributed by atoms with Crippen LogP contribution in [0.5, 0.6) is 0 Å². The number of allylic oxidation sites excluding steroid dienone is 12. The Labute approximate surface area is 439 Å². The van der Waals surface area contributed by atoms with E-state index in [0.717, 1.165) is 83.5 Å². The van der Waals surface area contributed by atoms with Gasteiger partial charge in [-0.15, -0.1) is 0 Å². The van der Waals surface area contributed by atoms with Crippen molar-refractivity contribution in [1.29, 1.82) is 0 Å². The van der Waals surface area contributed by atoms with E-state index in [9.17, 15) is 28.9 Å². The Morgan fingerprint density at radius 3 is 1.17 bits per heavy atom. The van der Waals surface area contributed by atoms with Crippen molar-refractivity contribution in [2.75, 3.05) is 26.4 Å². The number of carbonyl (C=O) groups is 3. The molecule has 0 aliphatic carbocycles. The normalized spacial score (nSPS) is 13.9. The van der Waals surface area contributed by atoms with Gasteiger partial charge in [-0.1, -0.05) is 222 Å². The van der Waals surface area contributed by atoms with Crippen LogP contribution in [0.25, 0.3) is 0 Å². The van der Waals surface area contributed by atoms with Gasteiger partial charge in [-0.05, 0) is 83.5 Å². The summed E-state index contributed by atoms with van der Waals surface area (Å²) in [6.07, 6.45) is 60.1. The lowest BCUT2D eigenvalue weighted by Crippen LogP contribution is -2.30. The molecule has 3 atom stereocenters. The third-order valence-electron chi connectivity index (χ3n) is 12.1. The van der Waals surface area contributed by atoms with Crippen LogP contribution >= 0.6 is 7.82 Å². The number of rotatable bonds is 53. The Bertz CT molecular complexity index is 1490. The lowest BCUT2D eigenvalue weighted by atomic mass is 10.1. The molecule has 0 aliphatic rings. The van der Waals surface area contributed by atoms with Crippen LogP contribution in [0.1, 0.15) is 252 Å². The highest BCUT2D eigenvalue weighted by molar-refractivity contribution is 7.47. The molecule has 0 radical (unpaired) electrons. The number of ether oxygens (including phenoxy) is 3. The molecule has 0 aromatic carbocycles. The fraction of sp³-hybridized carbons (Fsp3) is 0.750. The molecule has 0 heterocycles. The van der Waals surface area contributed by atoms with E-state index in [2.05, 4.69) is 87.6 Å². The lowest BCUT2D eigenvalue weighted by Gasteiger charge is -2.21. The van der Waals surface area contributed by atoms with Crippen LogP contribution < -0.4 is 0 Å². The summed E-state index contributed by atoms with van der Waals surface area (Å²) >= 11 is 0. The molecule has 0 spiro atoms. The number of phosphoric ester groups is 1. The summed E-state index contributed by atoms with van der Waals surface area (Å²) in [6.45, 7) is 4.46. The van der Waals surface area contributed by atoms with Crippen LogP contribution in [0.15, 0.2) is 72.9 Å². The molecule has 0 aromatic rings. The minimum absolute atomic E-state index is 0.147. The van der Waals surface area contributed by atoms with Crippen molar-refractivity contribution in [2.24, 2.45) is 0 Å². The monoisotopic (exact) mass is 1030 g/mol. The number of aliphatic hydroxyl groups excluding tert-OH is 1. The van der Waals surface area contributed by atoms with E-state index in [1.807, 2.05) is 6.08 Å². The Kier molecular flexibility index (Phi) is 51.9. The van der Waals surface area contributed by atoms with Crippen molar-refractivity contribution in [2.45, 2.75) is 264 Å². The van der Waals surface area contributed by atoms with Gasteiger partial charge in [0.1, 0.15) is 12.7 Å². The summed E-state index contributed by atoms with van der Waals surface area (Å²) in [5.41, 5.74) is 0. The van der Waals surface area contributed by atoms with Crippen molar-refractivity contribution in [1.82, 2.24) is 0 Å². The van der Waals surface area contributed by atoms with Crippen molar-refractivity contribution < 1.29 is 52.2 Å². The van der Waals surface area contributed by atoms with E-state index in [-0.39, 0.29) is 25.9 Å². The molecule has 0 fully saturated rings. The average molecular weight is 1030 g/mol. The molecule has 72 heavy (non-hydrogen) atoms. The number of hydrogen-bond donors (Lipinski definition) is 2. The Balaban J connectivity index is 4.81. The smallest absolute Gasteiger partial charge is 0.462 e. The number of aliphatic hydroxyl groups is 1. The number of phosphoric acid groups is 1. The number of esters is 3. The van der Waals surface area contributed by atoms with Crippen molar-refractivity contribution in [3.05, 3.63) is 72.9 Å². The van der Waals surface area contributed by atoms with Gasteiger partial charge in [-0.2, -0.15) is 0 Å². The first-order chi connectivity index (χ1) is 35.2. The maximum absolute atomic E-state index is 12.9. The molecule has 0 aliphatic heterocycles. The van der Waals surface area contributed by atoms with Gasteiger partial charge in [0, 0.05) is 19.3 Å². The molecule has 2 N–H and O–H groups in total. The van der Waals surface area contributed by atoms with E-state index in [4.69, 9.17) is 23.3 Å². The standard InChI is InChI=1S/C60H105O11P/c1-4-7-10-13-16-19-22-24-26-28-30-32-35-37-40-43-46-49-58(62)67-53-57(71-60(64)51-48-45-42-39-36-33-31-29-27-25-23-20-17-14-11-8-5-2)55-69-72(65,66)68-54-56(52-61)70-59(63)50-47-44-41-38-34-21-18-15-12-9-6-3/h7,10,16,19,24-27,30,32,37,40,56-57,61H,4-6,8-9,11-15,17-18,20-23,28-29,31,33-36,38-39,41-55H2,1-3H3,(H,65,66)/b10-7-,19-16-,26-24-,27-25-,32-30-,40-37-. The van der Waals surface area contributed by atoms with Gasteiger partial charge >= 0.3 is 25.7 Å². The van der Waals surface area contributed by atoms with Crippen LogP contribution in [-0.4, -0.2) is 66.5 Å². The zero-order chi connectivity index (χ0) is 52.7. The maximum atomic E-state index is 12.9. The van der Waals surface area contributed by atoms with Gasteiger partial charge in [-0.25, -0.2) is 4.57 Å². The molecule has 0 aromatic heterocycles. The topological polar surface area (TPSA) is 155 Å². The first-order valence-corrected chi connectivity index (χ1v) is 30.3. The van der Waals surface area contributed by atoms with Crippen molar-refractivity contribution in [3.63, 3.8) is 0 Å². The number of hydrogen-bond acceptors (Lipinski definition) is 10. The molecule has 0 saturated heterocycles. The largest absolute Gasteiger partial charge is 0.472 e. The van der Waals surface area contributed by atoms with E-state index < -0.39 is 57.8 Å². The first kappa shape index (κ1) is 68.9. The molecule has 12 heteroatoms. The third-order valence-corrected chi connectivity index (χ3v) is 13.1. The van der Waals surface area contributed by atoms with Crippen LogP contribution in [0.4, 0.5) is 0 Å². The minimum atomic E-state index is -4.76. The highest BCUT2D eigenvalue weighted by atomic mass is 31.2. The van der Waals surface area contributed by atoms with Crippen LogP contribution in [0, 0.1) is 0 Å². The van der Waals surface area contributed by atoms with Gasteiger partial charge in [0.25, 0.3) is 0 Å². The number of unbranched alkanes of at least 4 members (excludes halogenated alkanes) is 24. The van der Waals surface area contributed by atoms with E-state index in [1.54, 1.807) is 0 Å². The zero-order valence-corrected chi connectivity index (χ0v) is 46.8. The van der Waals surface area contributed by atoms with E-state index in [0.29, 0.717) is 25.7 Å². The van der Waals surface area contributed by atoms with Crippen LogP contribution in [0.3, 0.4) is 0 Å². The summed E-state index contributed by atoms with van der Waals surface area (Å²) in [4.78, 5) is 48.5. The van der Waals surface area contributed by atoms with Gasteiger partial charge in [0.2, 0.25) is 0 Å². The SMILES string of the molecule is CC/C=C\C/C=C\C/C=C\C/C=C\C/C=C\CCCC(=O)OCC(COP(=O)(O)OCC(CO)OC(=O)CCCCCCCCCCCCC)OC(=O)CCCCCCCCC/C=C\CCCCCCCC. The van der Waals surface area contributed by atoms with Gasteiger partial charge in [0.05, 0.1) is 19.8 Å². The van der Waals surface area contributed by atoms with Gasteiger partial charge < -0.3 is 24.2 Å². The first-order valence-electron chi connectivity index (χ1n) is 28.8. The Hall–Kier alpha value is -3.08. The quantitative estimate of drug-likeness (QED) is 0.0197. The van der Waals surface area contributed by atoms with Crippen LogP contribution in [0.2, 0.25) is 0 Å². The average Bonchev–Trinajstić information content (AvgIpc) is 3.37. The van der Waals surface area contributed by atoms with E-state index >= 15 is 0 Å². The Morgan fingerprint density at radius 1 is 0.403 bits per heavy atom. The summed E-state index contributed by atoms with van der Waals surface area (Å²) in [7, 11) is -4.76. The van der Waals surface area contributed by atoms with Crippen molar-refractivity contribution in [3.8, 4) is 0 Å². The van der Waals surface area contributed by atoms with Crippen molar-refractivity contribution >= 4 is 25.7 Å². The lowest BCUT2D eigenvalue weighted by molar-refractivity contribution is -0.161. The fourth-order valence-corrected chi connectivity index (χ4v) is 8.52. The predicted octanol–water partition coefficient (Wildman–Crippen LogP) is 16.9. The molecule has 0 rings (SSSR count). The predicted molar refractivity (Wildman–Crippen MR) is 298 cm³/mol. The summed E-state index contributed by atoms with van der Waals surface area (Å²) in [6, 6.07) is 0. The van der Waals surface area contributed by atoms with Gasteiger partial charge in [-0.3, -0.25) is 23.4 Å². The molecule has 0 saturated carbocycles. The number of carbonyl (C=O) groups excluding carboxylic acids is 3. The second kappa shape index (κ2) is 54.2. The molecular formula is C60H105O11P. The summed E-state index contributed by atoms with van der Waals surface area (Å²) in [5, 5.41) is 9.79. The third kappa shape index (κ3) is 51.8. The Morgan fingerprint density at radius 2 is 0.736 bits per heavy atom. The molecular weight excluding hydrogens is 928 g/mol. The van der Waals surface area contributed by atoms with Crippen LogP contribution in [-0.2, 0) is 42.2 Å². The molecule has 11 nitrogen and oxygen atoms in total. The fourth-order valence-electron chi connectivity index (χ4n) is 7.74. The molecule has 3 unspecified atom stereocenters. The highest BCUT2D eigenvalue weighted by Gasteiger charge is 2.28. The second-order valence-electron chi connectivity index (χ2n) is 19.1. The van der Waals surface area contributed by atoms with Gasteiger partial charge in [0.15, 0.2) is 6.10 Å². The highest BCUT2D eigenvalue weighted by Crippen LogP contribution is 2.43. The molecule has 0 bridgehead atoms. The van der Waals surface area contributed by atoms with E-state index in [1.165, 1.54) is 103 Å². The minimum Gasteiger partial charge on any atom is -0.462 e. The second-order valence-corrected chi connectivity index (χ2v) is 20.5. The molecule has 416 valence electrons. The summed E-state index contributed by atoms with van der Waals surface area (Å²) in [5.74, 6) is -1.53.